The van der Waals surface area contributed by atoms with Crippen molar-refractivity contribution in [2.75, 3.05) is 43.9 Å². The van der Waals surface area contributed by atoms with Crippen molar-refractivity contribution >= 4 is 23.0 Å². The van der Waals surface area contributed by atoms with Crippen LogP contribution in [0.5, 0.6) is 0 Å². The van der Waals surface area contributed by atoms with Crippen LogP contribution in [-0.2, 0) is 6.42 Å². The fourth-order valence-corrected chi connectivity index (χ4v) is 6.58. The Hall–Kier alpha value is -4.31. The first-order chi connectivity index (χ1) is 19.8. The summed E-state index contributed by atoms with van der Waals surface area (Å²) in [6, 6.07) is 7.40. The van der Waals surface area contributed by atoms with Crippen LogP contribution >= 0.6 is 0 Å². The minimum Gasteiger partial charge on any atom is -0.477 e. The molecule has 9 nitrogen and oxygen atoms in total. The monoisotopic (exact) mass is 554 g/mol. The van der Waals surface area contributed by atoms with Crippen molar-refractivity contribution in [2.45, 2.75) is 31.7 Å². The third-order valence-electron chi connectivity index (χ3n) is 8.79. The third-order valence-corrected chi connectivity index (χ3v) is 8.79. The molecule has 2 N–H and O–H groups in total. The third kappa shape index (κ3) is 4.33. The average Bonchev–Trinajstić information content (AvgIpc) is 3.61. The summed E-state index contributed by atoms with van der Waals surface area (Å²) < 4.78 is 16.2. The second kappa shape index (κ2) is 9.66. The van der Waals surface area contributed by atoms with E-state index in [4.69, 9.17) is 4.98 Å². The smallest absolute Gasteiger partial charge is 0.342 e. The van der Waals surface area contributed by atoms with Gasteiger partial charge in [-0.2, -0.15) is 0 Å². The van der Waals surface area contributed by atoms with Gasteiger partial charge < -0.3 is 20.2 Å². The molecule has 1 saturated carbocycles. The van der Waals surface area contributed by atoms with E-state index in [-0.39, 0.29) is 5.82 Å². The van der Waals surface area contributed by atoms with Gasteiger partial charge in [0.15, 0.2) is 0 Å². The van der Waals surface area contributed by atoms with E-state index in [0.29, 0.717) is 29.6 Å². The molecular formula is C31H31FN6O3. The number of anilines is 2. The highest BCUT2D eigenvalue weighted by Crippen LogP contribution is 2.49. The highest BCUT2D eigenvalue weighted by molar-refractivity contribution is 5.96. The molecule has 0 radical (unpaired) electrons. The molecule has 1 aliphatic heterocycles. The maximum atomic E-state index is 14.9. The van der Waals surface area contributed by atoms with Gasteiger partial charge in [-0.05, 0) is 67.6 Å². The summed E-state index contributed by atoms with van der Waals surface area (Å²) >= 11 is 0. The number of fused-ring (bicyclic) bond motifs is 4. The number of carbonyl (C=O) groups is 1. The molecule has 0 bridgehead atoms. The van der Waals surface area contributed by atoms with Gasteiger partial charge >= 0.3 is 5.97 Å². The Labute approximate surface area is 236 Å². The Morgan fingerprint density at radius 3 is 2.76 bits per heavy atom. The molecule has 3 aromatic heterocycles. The normalized spacial score (nSPS) is 17.8. The fourth-order valence-electron chi connectivity index (χ4n) is 6.58. The molecular weight excluding hydrogens is 523 g/mol. The van der Waals surface area contributed by atoms with Crippen LogP contribution in [-0.4, -0.2) is 70.1 Å². The van der Waals surface area contributed by atoms with Crippen LogP contribution in [0.25, 0.3) is 27.9 Å². The highest BCUT2D eigenvalue weighted by Gasteiger charge is 2.35. The number of pyridine rings is 2. The molecule has 3 aliphatic rings. The van der Waals surface area contributed by atoms with E-state index < -0.39 is 17.1 Å². The first kappa shape index (κ1) is 25.6. The Morgan fingerprint density at radius 2 is 2.00 bits per heavy atom. The zero-order valence-corrected chi connectivity index (χ0v) is 23.0. The van der Waals surface area contributed by atoms with Crippen molar-refractivity contribution in [1.29, 1.82) is 0 Å². The zero-order valence-electron chi connectivity index (χ0n) is 23.0. The summed E-state index contributed by atoms with van der Waals surface area (Å²) in [5.41, 5.74) is 6.26. The summed E-state index contributed by atoms with van der Waals surface area (Å²) in [4.78, 5) is 38.5. The Balaban J connectivity index is 1.39. The van der Waals surface area contributed by atoms with Gasteiger partial charge in [0.25, 0.3) is 5.56 Å². The van der Waals surface area contributed by atoms with Gasteiger partial charge in [-0.1, -0.05) is 0 Å². The first-order valence-electron chi connectivity index (χ1n) is 14.0. The number of nitrogens with zero attached hydrogens (tertiary/aromatic N) is 5. The van der Waals surface area contributed by atoms with Crippen molar-refractivity contribution in [3.8, 4) is 22.3 Å². The van der Waals surface area contributed by atoms with Crippen LogP contribution in [0.2, 0.25) is 0 Å². The summed E-state index contributed by atoms with van der Waals surface area (Å²) in [7, 11) is 4.01. The lowest BCUT2D eigenvalue weighted by Crippen LogP contribution is -2.30. The maximum absolute atomic E-state index is 14.9. The molecule has 1 unspecified atom stereocenters. The van der Waals surface area contributed by atoms with Gasteiger partial charge in [0.2, 0.25) is 0 Å². The van der Waals surface area contributed by atoms with E-state index >= 15 is 0 Å². The van der Waals surface area contributed by atoms with E-state index in [2.05, 4.69) is 27.1 Å². The quantitative estimate of drug-likeness (QED) is 0.310. The van der Waals surface area contributed by atoms with E-state index in [1.807, 2.05) is 12.3 Å². The van der Waals surface area contributed by atoms with Crippen LogP contribution < -0.4 is 15.8 Å². The van der Waals surface area contributed by atoms with Gasteiger partial charge in [0.05, 0.1) is 11.4 Å². The number of nitrogens with one attached hydrogen (secondary N) is 1. The SMILES string of the molecule is CNc1cc(F)cc2c1Cc1ncc(-c3ccc4ncc(C(=O)O)c(=O)n4c3)c(N3CCC(CN(C)C4CC4)C3)c1-2. The predicted molar refractivity (Wildman–Crippen MR) is 155 cm³/mol. The van der Waals surface area contributed by atoms with Crippen LogP contribution in [0.4, 0.5) is 15.8 Å². The molecule has 4 aromatic rings. The van der Waals surface area contributed by atoms with Crippen LogP contribution in [0.15, 0.2) is 47.7 Å². The van der Waals surface area contributed by atoms with E-state index in [0.717, 1.165) is 71.6 Å². The molecule has 210 valence electrons. The van der Waals surface area contributed by atoms with Gasteiger partial charge in [-0.15, -0.1) is 0 Å². The minimum atomic E-state index is -1.32. The number of carboxylic acids is 1. The number of aromatic nitrogens is 3. The predicted octanol–water partition coefficient (Wildman–Crippen LogP) is 4.13. The molecule has 10 heteroatoms. The van der Waals surface area contributed by atoms with Crippen molar-refractivity contribution in [3.05, 3.63) is 75.8 Å². The van der Waals surface area contributed by atoms with Gasteiger partial charge in [-0.3, -0.25) is 14.2 Å². The topological polar surface area (TPSA) is 103 Å². The highest BCUT2D eigenvalue weighted by atomic mass is 19.1. The van der Waals surface area contributed by atoms with Gasteiger partial charge in [-0.25, -0.2) is 14.2 Å². The second-order valence-electron chi connectivity index (χ2n) is 11.4. The maximum Gasteiger partial charge on any atom is 0.342 e. The molecule has 4 heterocycles. The van der Waals surface area contributed by atoms with Crippen LogP contribution in [0.1, 0.15) is 40.9 Å². The Morgan fingerprint density at radius 1 is 1.17 bits per heavy atom. The second-order valence-corrected chi connectivity index (χ2v) is 11.4. The lowest BCUT2D eigenvalue weighted by atomic mass is 9.98. The largest absolute Gasteiger partial charge is 0.477 e. The lowest BCUT2D eigenvalue weighted by Gasteiger charge is -2.27. The molecule has 41 heavy (non-hydrogen) atoms. The molecule has 1 saturated heterocycles. The average molecular weight is 555 g/mol. The van der Waals surface area contributed by atoms with Gasteiger partial charge in [0, 0.05) is 80.1 Å². The first-order valence-corrected chi connectivity index (χ1v) is 14.0. The number of hydrogen-bond donors (Lipinski definition) is 2. The van der Waals surface area contributed by atoms with Gasteiger partial charge in [0.1, 0.15) is 17.0 Å². The molecule has 0 amide bonds. The number of aromatic carboxylic acids is 1. The zero-order chi connectivity index (χ0) is 28.4. The number of rotatable bonds is 7. The number of hydrogen-bond acceptors (Lipinski definition) is 7. The van der Waals surface area contributed by atoms with E-state index in [1.54, 1.807) is 25.4 Å². The van der Waals surface area contributed by atoms with E-state index in [9.17, 15) is 19.1 Å². The molecule has 1 aromatic carbocycles. The fraction of sp³-hybridized carbons (Fsp3) is 0.355. The van der Waals surface area contributed by atoms with Crippen molar-refractivity contribution in [2.24, 2.45) is 5.92 Å². The number of carboxylic acid groups (broad SMARTS) is 1. The van der Waals surface area contributed by atoms with Crippen LogP contribution in [0, 0.1) is 11.7 Å². The summed E-state index contributed by atoms with van der Waals surface area (Å²) in [5, 5.41) is 12.6. The summed E-state index contributed by atoms with van der Waals surface area (Å²) in [5.74, 6) is -1.13. The van der Waals surface area contributed by atoms with Crippen molar-refractivity contribution in [3.63, 3.8) is 0 Å². The van der Waals surface area contributed by atoms with Crippen molar-refractivity contribution < 1.29 is 14.3 Å². The Bertz CT molecular complexity index is 1780. The summed E-state index contributed by atoms with van der Waals surface area (Å²) in [6.45, 7) is 2.75. The number of benzene rings is 1. The van der Waals surface area contributed by atoms with E-state index in [1.165, 1.54) is 23.3 Å². The molecule has 7 rings (SSSR count). The molecule has 2 fully saturated rings. The molecule has 0 spiro atoms. The minimum absolute atomic E-state index is 0.313. The molecule has 1 atom stereocenters. The molecule has 2 aliphatic carbocycles. The standard InChI is InChI=1S/C31H31FN6O3/c1-33-25-10-19(32)9-22-21(25)11-26-28(22)29(37-8-7-17(15-37)14-36(2)20-4-5-20)23(12-34-26)18-3-6-27-35-13-24(31(40)41)30(39)38(27)16-18/h3,6,9-10,12-13,16-17,20,33H,4-5,7-8,11,14-15H2,1-2H3,(H,40,41). The van der Waals surface area contributed by atoms with Crippen molar-refractivity contribution in [1.82, 2.24) is 19.3 Å². The lowest BCUT2D eigenvalue weighted by molar-refractivity contribution is 0.0694. The number of halogens is 1. The Kier molecular flexibility index (Phi) is 6.04. The van der Waals surface area contributed by atoms with Crippen LogP contribution in [0.3, 0.4) is 0 Å². The summed E-state index contributed by atoms with van der Waals surface area (Å²) in [6.07, 6.45) is 8.75.